The fraction of sp³-hybridized carbons (Fsp3) is 0.500. The molecule has 0 aliphatic heterocycles. The summed E-state index contributed by atoms with van der Waals surface area (Å²) in [5.74, 6) is 0.623. The second kappa shape index (κ2) is 3.87. The molecule has 1 heterocycles. The lowest BCUT2D eigenvalue weighted by Gasteiger charge is -2.29. The van der Waals surface area contributed by atoms with Crippen molar-refractivity contribution in [2.24, 2.45) is 5.92 Å². The van der Waals surface area contributed by atoms with E-state index in [2.05, 4.69) is 29.8 Å². The maximum atomic E-state index is 10.3. The first-order chi connectivity index (χ1) is 6.68. The Hall–Kier alpha value is -0.600. The van der Waals surface area contributed by atoms with Crippen molar-refractivity contribution >= 4 is 11.3 Å². The van der Waals surface area contributed by atoms with E-state index < -0.39 is 5.60 Å². The average Bonchev–Trinajstić information content (AvgIpc) is 2.63. The number of hydrogen-bond donors (Lipinski definition) is 1. The fourth-order valence-electron chi connectivity index (χ4n) is 1.89. The molecule has 1 aliphatic carbocycles. The third-order valence-electron chi connectivity index (χ3n) is 2.86. The van der Waals surface area contributed by atoms with Gasteiger partial charge in [-0.2, -0.15) is 11.3 Å². The van der Waals surface area contributed by atoms with Crippen LogP contribution in [0.25, 0.3) is 0 Å². The number of hydrogen-bond acceptors (Lipinski definition) is 2. The van der Waals surface area contributed by atoms with Crippen LogP contribution < -0.4 is 0 Å². The van der Waals surface area contributed by atoms with E-state index in [-0.39, 0.29) is 0 Å². The smallest absolute Gasteiger partial charge is 0.0868 e. The second-order valence-electron chi connectivity index (χ2n) is 4.29. The van der Waals surface area contributed by atoms with Gasteiger partial charge in [0.15, 0.2) is 0 Å². The van der Waals surface area contributed by atoms with Gasteiger partial charge in [-0.25, -0.2) is 0 Å². The summed E-state index contributed by atoms with van der Waals surface area (Å²) in [7, 11) is 0. The predicted octanol–water partition coefficient (Wildman–Crippen LogP) is 3.01. The van der Waals surface area contributed by atoms with Crippen molar-refractivity contribution in [1.29, 1.82) is 0 Å². The molecule has 0 fully saturated rings. The molecule has 0 aromatic carbocycles. The fourth-order valence-corrected chi connectivity index (χ4v) is 2.56. The zero-order valence-electron chi connectivity index (χ0n) is 8.44. The highest BCUT2D eigenvalue weighted by molar-refractivity contribution is 7.07. The van der Waals surface area contributed by atoms with E-state index in [9.17, 15) is 5.11 Å². The number of allylic oxidation sites excluding steroid dienone is 1. The SMILES string of the molecule is CC1C=CC(O)(Cc2ccsc2)CC1. The molecule has 14 heavy (non-hydrogen) atoms. The van der Waals surface area contributed by atoms with Gasteiger partial charge in [-0.05, 0) is 41.1 Å². The highest BCUT2D eigenvalue weighted by Crippen LogP contribution is 2.29. The summed E-state index contributed by atoms with van der Waals surface area (Å²) in [6.45, 7) is 2.20. The van der Waals surface area contributed by atoms with Crippen LogP contribution in [-0.2, 0) is 6.42 Å². The molecule has 0 radical (unpaired) electrons. The van der Waals surface area contributed by atoms with Crippen molar-refractivity contribution in [3.8, 4) is 0 Å². The Kier molecular flexibility index (Phi) is 2.75. The van der Waals surface area contributed by atoms with Gasteiger partial charge in [0, 0.05) is 6.42 Å². The summed E-state index contributed by atoms with van der Waals surface area (Å²) < 4.78 is 0. The Labute approximate surface area is 89.1 Å². The van der Waals surface area contributed by atoms with E-state index in [1.165, 1.54) is 5.56 Å². The van der Waals surface area contributed by atoms with E-state index in [1.807, 2.05) is 6.08 Å². The van der Waals surface area contributed by atoms with Crippen LogP contribution in [0.5, 0.6) is 0 Å². The monoisotopic (exact) mass is 208 g/mol. The molecule has 0 bridgehead atoms. The third kappa shape index (κ3) is 2.25. The minimum absolute atomic E-state index is 0.590. The molecule has 1 aromatic rings. The lowest BCUT2D eigenvalue weighted by atomic mass is 9.82. The van der Waals surface area contributed by atoms with Gasteiger partial charge in [-0.1, -0.05) is 19.1 Å². The van der Waals surface area contributed by atoms with Crippen LogP contribution in [0.3, 0.4) is 0 Å². The first kappa shape index (κ1) is 9.94. The summed E-state index contributed by atoms with van der Waals surface area (Å²) >= 11 is 1.69. The molecule has 0 saturated heterocycles. The average molecular weight is 208 g/mol. The van der Waals surface area contributed by atoms with Crippen LogP contribution in [0.2, 0.25) is 0 Å². The Morgan fingerprint density at radius 3 is 3.07 bits per heavy atom. The third-order valence-corrected chi connectivity index (χ3v) is 3.59. The van der Waals surface area contributed by atoms with Crippen molar-refractivity contribution in [3.05, 3.63) is 34.5 Å². The molecular formula is C12H16OS. The van der Waals surface area contributed by atoms with Gasteiger partial charge in [0.1, 0.15) is 0 Å². The van der Waals surface area contributed by atoms with E-state index in [1.54, 1.807) is 11.3 Å². The topological polar surface area (TPSA) is 20.2 Å². The van der Waals surface area contributed by atoms with Gasteiger partial charge < -0.3 is 5.11 Å². The van der Waals surface area contributed by atoms with Crippen LogP contribution in [0.15, 0.2) is 29.0 Å². The summed E-state index contributed by atoms with van der Waals surface area (Å²) in [4.78, 5) is 0. The Morgan fingerprint density at radius 2 is 2.50 bits per heavy atom. The minimum Gasteiger partial charge on any atom is -0.385 e. The lowest BCUT2D eigenvalue weighted by Crippen LogP contribution is -2.31. The lowest BCUT2D eigenvalue weighted by molar-refractivity contribution is 0.0701. The summed E-state index contributed by atoms with van der Waals surface area (Å²) in [6, 6.07) is 2.09. The molecule has 2 rings (SSSR count). The van der Waals surface area contributed by atoms with Crippen LogP contribution in [0, 0.1) is 5.92 Å². The van der Waals surface area contributed by atoms with Gasteiger partial charge in [-0.15, -0.1) is 0 Å². The van der Waals surface area contributed by atoms with Crippen LogP contribution in [-0.4, -0.2) is 10.7 Å². The van der Waals surface area contributed by atoms with Crippen LogP contribution in [0.4, 0.5) is 0 Å². The molecular weight excluding hydrogens is 192 g/mol. The van der Waals surface area contributed by atoms with Crippen molar-refractivity contribution in [1.82, 2.24) is 0 Å². The quantitative estimate of drug-likeness (QED) is 0.741. The van der Waals surface area contributed by atoms with E-state index in [0.717, 1.165) is 19.3 Å². The van der Waals surface area contributed by atoms with E-state index in [4.69, 9.17) is 0 Å². The largest absolute Gasteiger partial charge is 0.385 e. The van der Waals surface area contributed by atoms with Gasteiger partial charge in [0.05, 0.1) is 5.60 Å². The standard InChI is InChI=1S/C12H16OS/c1-10-2-5-12(13,6-3-10)8-11-4-7-14-9-11/h2,4-5,7,9-10,13H,3,6,8H2,1H3. The molecule has 76 valence electrons. The summed E-state index contributed by atoms with van der Waals surface area (Å²) in [6.07, 6.45) is 6.87. The van der Waals surface area contributed by atoms with Crippen molar-refractivity contribution in [3.63, 3.8) is 0 Å². The molecule has 1 aromatic heterocycles. The molecule has 2 atom stereocenters. The maximum Gasteiger partial charge on any atom is 0.0868 e. The molecule has 1 aliphatic rings. The highest BCUT2D eigenvalue weighted by Gasteiger charge is 2.27. The number of thiophene rings is 1. The van der Waals surface area contributed by atoms with E-state index in [0.29, 0.717) is 5.92 Å². The molecule has 0 saturated carbocycles. The molecule has 2 unspecified atom stereocenters. The molecule has 2 heteroatoms. The van der Waals surface area contributed by atoms with Crippen molar-refractivity contribution in [2.45, 2.75) is 31.8 Å². The number of rotatable bonds is 2. The molecule has 0 amide bonds. The van der Waals surface area contributed by atoms with Crippen LogP contribution >= 0.6 is 11.3 Å². The Morgan fingerprint density at radius 1 is 1.64 bits per heavy atom. The first-order valence-electron chi connectivity index (χ1n) is 5.11. The van der Waals surface area contributed by atoms with Gasteiger partial charge >= 0.3 is 0 Å². The van der Waals surface area contributed by atoms with E-state index >= 15 is 0 Å². The Bertz CT molecular complexity index is 315. The zero-order chi connectivity index (χ0) is 10.0. The molecule has 1 N–H and O–H groups in total. The van der Waals surface area contributed by atoms with Crippen molar-refractivity contribution < 1.29 is 5.11 Å². The van der Waals surface area contributed by atoms with Gasteiger partial charge in [-0.3, -0.25) is 0 Å². The van der Waals surface area contributed by atoms with Crippen LogP contribution in [0.1, 0.15) is 25.3 Å². The minimum atomic E-state index is -0.590. The molecule has 0 spiro atoms. The van der Waals surface area contributed by atoms with Gasteiger partial charge in [0.25, 0.3) is 0 Å². The molecule has 1 nitrogen and oxygen atoms in total. The maximum absolute atomic E-state index is 10.3. The normalized spacial score (nSPS) is 32.0. The summed E-state index contributed by atoms with van der Waals surface area (Å²) in [5, 5.41) is 14.5. The Balaban J connectivity index is 2.07. The summed E-state index contributed by atoms with van der Waals surface area (Å²) in [5.41, 5.74) is 0.657. The first-order valence-corrected chi connectivity index (χ1v) is 6.05. The zero-order valence-corrected chi connectivity index (χ0v) is 9.26. The number of aliphatic hydroxyl groups is 1. The van der Waals surface area contributed by atoms with Crippen molar-refractivity contribution in [2.75, 3.05) is 0 Å². The second-order valence-corrected chi connectivity index (χ2v) is 5.07. The highest BCUT2D eigenvalue weighted by atomic mass is 32.1. The van der Waals surface area contributed by atoms with Gasteiger partial charge in [0.2, 0.25) is 0 Å². The predicted molar refractivity (Wildman–Crippen MR) is 60.5 cm³/mol.